The molecule has 0 radical (unpaired) electrons. The van der Waals surface area contributed by atoms with E-state index in [0.717, 1.165) is 12.8 Å². The van der Waals surface area contributed by atoms with Crippen molar-refractivity contribution >= 4 is 38.2 Å². The van der Waals surface area contributed by atoms with Gasteiger partial charge in [-0.2, -0.15) is 0 Å². The highest BCUT2D eigenvalue weighted by Gasteiger charge is 2.33. The zero-order chi connectivity index (χ0) is 15.9. The number of allylic oxidation sites excluding steroid dienone is 1. The van der Waals surface area contributed by atoms with Crippen molar-refractivity contribution in [3.05, 3.63) is 41.1 Å². The van der Waals surface area contributed by atoms with Crippen LogP contribution in [-0.2, 0) is 9.84 Å². The number of carbonyl (C=O) groups is 1. The van der Waals surface area contributed by atoms with Crippen molar-refractivity contribution in [3.63, 3.8) is 0 Å². The lowest BCUT2D eigenvalue weighted by atomic mass is 10.1. The number of aromatic amines is 1. The number of rotatable bonds is 3. The fourth-order valence-corrected chi connectivity index (χ4v) is 4.98. The molecule has 0 saturated heterocycles. The zero-order valence-electron chi connectivity index (χ0n) is 11.7. The van der Waals surface area contributed by atoms with Gasteiger partial charge in [-0.15, -0.1) is 0 Å². The van der Waals surface area contributed by atoms with Crippen LogP contribution in [-0.4, -0.2) is 24.6 Å². The van der Waals surface area contributed by atoms with Crippen molar-refractivity contribution in [1.82, 2.24) is 4.98 Å². The van der Waals surface area contributed by atoms with Crippen molar-refractivity contribution < 1.29 is 13.2 Å². The molecule has 3 N–H and O–H groups in total. The molecule has 1 heterocycles. The van der Waals surface area contributed by atoms with Crippen molar-refractivity contribution in [2.75, 3.05) is 0 Å². The molecule has 7 heteroatoms. The highest BCUT2D eigenvalue weighted by molar-refractivity contribution is 7.92. The van der Waals surface area contributed by atoms with Gasteiger partial charge in [0.15, 0.2) is 9.84 Å². The third-order valence-electron chi connectivity index (χ3n) is 3.85. The van der Waals surface area contributed by atoms with Crippen LogP contribution >= 0.6 is 11.6 Å². The molecule has 0 spiro atoms. The Morgan fingerprint density at radius 3 is 2.77 bits per heavy atom. The van der Waals surface area contributed by atoms with Crippen LogP contribution in [0.4, 0.5) is 0 Å². The molecule has 1 amide bonds. The molecule has 3 rings (SSSR count). The van der Waals surface area contributed by atoms with Gasteiger partial charge in [-0.25, -0.2) is 8.42 Å². The van der Waals surface area contributed by atoms with E-state index in [1.54, 1.807) is 24.3 Å². The third-order valence-corrected chi connectivity index (χ3v) is 6.27. The summed E-state index contributed by atoms with van der Waals surface area (Å²) in [4.78, 5) is 14.4. The first-order chi connectivity index (χ1) is 10.4. The molecule has 5 nitrogen and oxygen atoms in total. The average Bonchev–Trinajstić information content (AvgIpc) is 2.87. The highest BCUT2D eigenvalue weighted by atomic mass is 35.5. The molecule has 2 aromatic rings. The van der Waals surface area contributed by atoms with E-state index in [-0.39, 0.29) is 10.6 Å². The Labute approximate surface area is 133 Å². The second-order valence-electron chi connectivity index (χ2n) is 5.33. The molecule has 0 fully saturated rings. The Morgan fingerprint density at radius 2 is 2.14 bits per heavy atom. The Hall–Kier alpha value is -1.79. The van der Waals surface area contributed by atoms with Crippen molar-refractivity contribution in [2.24, 2.45) is 5.73 Å². The minimum atomic E-state index is -3.72. The van der Waals surface area contributed by atoms with Gasteiger partial charge in [-0.1, -0.05) is 23.8 Å². The standard InChI is InChI=1S/C15H15ClN2O3S/c16-9-6-7-12-11(8-9)14(13(18-12)15(17)19)22(20,21)10-4-2-1-3-5-10/h2,4,6-8,10,18H,1,3,5H2,(H2,17,19). The number of H-pyrrole nitrogens is 1. The number of hydrogen-bond acceptors (Lipinski definition) is 3. The summed E-state index contributed by atoms with van der Waals surface area (Å²) in [5.74, 6) is -0.800. The second-order valence-corrected chi connectivity index (χ2v) is 7.87. The van der Waals surface area contributed by atoms with E-state index in [0.29, 0.717) is 22.3 Å². The maximum Gasteiger partial charge on any atom is 0.266 e. The fraction of sp³-hybridized carbons (Fsp3) is 0.267. The first kappa shape index (κ1) is 15.1. The molecule has 1 aromatic carbocycles. The summed E-state index contributed by atoms with van der Waals surface area (Å²) in [6.07, 6.45) is 5.75. The van der Waals surface area contributed by atoms with Crippen molar-refractivity contribution in [2.45, 2.75) is 29.4 Å². The number of nitrogens with two attached hydrogens (primary N) is 1. The van der Waals surface area contributed by atoms with Gasteiger partial charge in [0.05, 0.1) is 5.25 Å². The number of hydrogen-bond donors (Lipinski definition) is 2. The number of aromatic nitrogens is 1. The quantitative estimate of drug-likeness (QED) is 0.843. The van der Waals surface area contributed by atoms with E-state index in [2.05, 4.69) is 4.98 Å². The lowest BCUT2D eigenvalue weighted by molar-refractivity contribution is 0.0993. The van der Waals surface area contributed by atoms with Crippen LogP contribution in [0.1, 0.15) is 29.8 Å². The molecule has 1 aromatic heterocycles. The van der Waals surface area contributed by atoms with Crippen LogP contribution in [0, 0.1) is 0 Å². The van der Waals surface area contributed by atoms with Gasteiger partial charge >= 0.3 is 0 Å². The summed E-state index contributed by atoms with van der Waals surface area (Å²) >= 11 is 5.98. The minimum absolute atomic E-state index is 0.0472. The van der Waals surface area contributed by atoms with E-state index in [1.807, 2.05) is 6.08 Å². The molecule has 0 aliphatic heterocycles. The summed E-state index contributed by atoms with van der Waals surface area (Å²) in [5, 5.41) is 0.163. The fourth-order valence-electron chi connectivity index (χ4n) is 2.80. The number of carbonyl (C=O) groups excluding carboxylic acids is 1. The summed E-state index contributed by atoms with van der Waals surface area (Å²) in [6, 6.07) is 4.81. The molecule has 1 unspecified atom stereocenters. The number of primary amides is 1. The van der Waals surface area contributed by atoms with Gasteiger partial charge in [0.1, 0.15) is 10.6 Å². The SMILES string of the molecule is NC(=O)c1[nH]c2ccc(Cl)cc2c1S(=O)(=O)C1C=CCCC1. The second kappa shape index (κ2) is 5.44. The first-order valence-corrected chi connectivity index (χ1v) is 8.85. The van der Waals surface area contributed by atoms with Crippen molar-refractivity contribution in [1.29, 1.82) is 0 Å². The van der Waals surface area contributed by atoms with Crippen LogP contribution in [0.15, 0.2) is 35.2 Å². The summed E-state index contributed by atoms with van der Waals surface area (Å²) in [5.41, 5.74) is 5.79. The average molecular weight is 339 g/mol. The minimum Gasteiger partial charge on any atom is -0.364 e. The zero-order valence-corrected chi connectivity index (χ0v) is 13.2. The Morgan fingerprint density at radius 1 is 1.36 bits per heavy atom. The molecule has 0 saturated carbocycles. The van der Waals surface area contributed by atoms with Gasteiger partial charge in [0.2, 0.25) is 0 Å². The summed E-state index contributed by atoms with van der Waals surface area (Å²) < 4.78 is 26.0. The van der Waals surface area contributed by atoms with E-state index in [1.165, 1.54) is 0 Å². The number of benzene rings is 1. The predicted octanol–water partition coefficient (Wildman–Crippen LogP) is 2.80. The monoisotopic (exact) mass is 338 g/mol. The maximum atomic E-state index is 13.0. The largest absolute Gasteiger partial charge is 0.364 e. The summed E-state index contributed by atoms with van der Waals surface area (Å²) in [6.45, 7) is 0. The van der Waals surface area contributed by atoms with E-state index < -0.39 is 21.0 Å². The molecular formula is C15H15ClN2O3S. The number of nitrogens with one attached hydrogen (secondary N) is 1. The van der Waals surface area contributed by atoms with Gasteiger partial charge in [-0.3, -0.25) is 4.79 Å². The van der Waals surface area contributed by atoms with Crippen LogP contribution in [0.2, 0.25) is 5.02 Å². The molecular weight excluding hydrogens is 324 g/mol. The van der Waals surface area contributed by atoms with E-state index in [4.69, 9.17) is 17.3 Å². The van der Waals surface area contributed by atoms with Gasteiger partial charge in [-0.05, 0) is 37.5 Å². The van der Waals surface area contributed by atoms with Crippen molar-refractivity contribution in [3.8, 4) is 0 Å². The van der Waals surface area contributed by atoms with Crippen LogP contribution in [0.25, 0.3) is 10.9 Å². The summed E-state index contributed by atoms with van der Waals surface area (Å²) in [7, 11) is -3.72. The van der Waals surface area contributed by atoms with Crippen LogP contribution < -0.4 is 5.73 Å². The van der Waals surface area contributed by atoms with Crippen LogP contribution in [0.5, 0.6) is 0 Å². The third kappa shape index (κ3) is 2.42. The van der Waals surface area contributed by atoms with Gasteiger partial charge < -0.3 is 10.7 Å². The lowest BCUT2D eigenvalue weighted by Crippen LogP contribution is -2.24. The predicted molar refractivity (Wildman–Crippen MR) is 85.8 cm³/mol. The maximum absolute atomic E-state index is 13.0. The van der Waals surface area contributed by atoms with E-state index in [9.17, 15) is 13.2 Å². The molecule has 22 heavy (non-hydrogen) atoms. The van der Waals surface area contributed by atoms with Gasteiger partial charge in [0, 0.05) is 15.9 Å². The first-order valence-electron chi connectivity index (χ1n) is 6.93. The molecule has 1 atom stereocenters. The topological polar surface area (TPSA) is 93.0 Å². The Balaban J connectivity index is 2.30. The smallest absolute Gasteiger partial charge is 0.266 e. The molecule has 0 bridgehead atoms. The Bertz CT molecular complexity index is 884. The Kier molecular flexibility index (Phi) is 3.74. The molecule has 1 aliphatic rings. The normalized spacial score (nSPS) is 18.7. The number of sulfone groups is 1. The lowest BCUT2D eigenvalue weighted by Gasteiger charge is -2.17. The molecule has 1 aliphatic carbocycles. The van der Waals surface area contributed by atoms with Gasteiger partial charge in [0.25, 0.3) is 5.91 Å². The number of fused-ring (bicyclic) bond motifs is 1. The van der Waals surface area contributed by atoms with Crippen LogP contribution in [0.3, 0.4) is 0 Å². The number of halogens is 1. The highest BCUT2D eigenvalue weighted by Crippen LogP contribution is 2.34. The molecule has 116 valence electrons. The van der Waals surface area contributed by atoms with E-state index >= 15 is 0 Å². The number of amides is 1.